The highest BCUT2D eigenvalue weighted by atomic mass is 19.1. The SMILES string of the molecule is CC(C)N1CC(COCNc2cn3cc(-c4cc(F)c5nn(C)cc5c4)cc(F)c3n2)C1. The van der Waals surface area contributed by atoms with Crippen molar-refractivity contribution in [3.8, 4) is 11.1 Å². The Morgan fingerprint density at radius 3 is 2.66 bits per heavy atom. The molecular formula is C23H26F2N6O. The van der Waals surface area contributed by atoms with Gasteiger partial charge in [-0.1, -0.05) is 0 Å². The summed E-state index contributed by atoms with van der Waals surface area (Å²) in [6.45, 7) is 7.50. The predicted molar refractivity (Wildman–Crippen MR) is 119 cm³/mol. The first-order valence-corrected chi connectivity index (χ1v) is 10.7. The number of aromatic nitrogens is 4. The van der Waals surface area contributed by atoms with Crippen LogP contribution in [0.2, 0.25) is 0 Å². The van der Waals surface area contributed by atoms with Crippen LogP contribution in [0.1, 0.15) is 13.8 Å². The third-order valence-corrected chi connectivity index (χ3v) is 5.94. The average Bonchev–Trinajstić information content (AvgIpc) is 3.29. The Labute approximate surface area is 184 Å². The molecule has 4 heterocycles. The maximum Gasteiger partial charge on any atom is 0.175 e. The molecule has 7 nitrogen and oxygen atoms in total. The molecule has 9 heteroatoms. The van der Waals surface area contributed by atoms with E-state index in [2.05, 4.69) is 34.1 Å². The fourth-order valence-electron chi connectivity index (χ4n) is 4.17. The van der Waals surface area contributed by atoms with E-state index in [9.17, 15) is 8.78 Å². The van der Waals surface area contributed by atoms with Crippen LogP contribution >= 0.6 is 0 Å². The number of hydrogen-bond donors (Lipinski definition) is 1. The van der Waals surface area contributed by atoms with Gasteiger partial charge in [0.05, 0.1) is 12.8 Å². The van der Waals surface area contributed by atoms with Gasteiger partial charge in [0.15, 0.2) is 17.3 Å². The van der Waals surface area contributed by atoms with Crippen LogP contribution < -0.4 is 5.32 Å². The number of halogens is 2. The van der Waals surface area contributed by atoms with Crippen molar-refractivity contribution in [3.05, 3.63) is 48.4 Å². The summed E-state index contributed by atoms with van der Waals surface area (Å²) in [6.07, 6.45) is 5.18. The first kappa shape index (κ1) is 20.8. The maximum absolute atomic E-state index is 14.8. The molecule has 5 rings (SSSR count). The first-order valence-electron chi connectivity index (χ1n) is 10.7. The van der Waals surface area contributed by atoms with Gasteiger partial charge in [0, 0.05) is 55.4 Å². The van der Waals surface area contributed by atoms with Crippen molar-refractivity contribution in [1.82, 2.24) is 24.1 Å². The number of nitrogens with zero attached hydrogens (tertiary/aromatic N) is 5. The molecule has 1 fully saturated rings. The molecule has 0 aliphatic carbocycles. The zero-order chi connectivity index (χ0) is 22.4. The molecule has 1 aliphatic heterocycles. The monoisotopic (exact) mass is 440 g/mol. The zero-order valence-corrected chi connectivity index (χ0v) is 18.3. The Morgan fingerprint density at radius 2 is 1.88 bits per heavy atom. The van der Waals surface area contributed by atoms with Gasteiger partial charge in [0.2, 0.25) is 0 Å². The van der Waals surface area contributed by atoms with Crippen molar-refractivity contribution < 1.29 is 13.5 Å². The number of anilines is 1. The molecule has 0 bridgehead atoms. The number of aryl methyl sites for hydroxylation is 1. The lowest BCUT2D eigenvalue weighted by molar-refractivity contribution is 0.00412. The lowest BCUT2D eigenvalue weighted by Gasteiger charge is -2.41. The second kappa shape index (κ2) is 8.14. The first-order chi connectivity index (χ1) is 15.4. The fraction of sp³-hybridized carbons (Fsp3) is 0.391. The smallest absolute Gasteiger partial charge is 0.175 e. The van der Waals surface area contributed by atoms with Gasteiger partial charge in [-0.2, -0.15) is 5.10 Å². The summed E-state index contributed by atoms with van der Waals surface area (Å²) in [5.74, 6) is 0.156. The lowest BCUT2D eigenvalue weighted by Crippen LogP contribution is -2.51. The second-order valence-corrected chi connectivity index (χ2v) is 8.74. The zero-order valence-electron chi connectivity index (χ0n) is 18.3. The van der Waals surface area contributed by atoms with Crippen molar-refractivity contribution in [1.29, 1.82) is 0 Å². The summed E-state index contributed by atoms with van der Waals surface area (Å²) < 4.78 is 38.1. The third kappa shape index (κ3) is 3.93. The van der Waals surface area contributed by atoms with Gasteiger partial charge < -0.3 is 19.4 Å². The Morgan fingerprint density at radius 1 is 1.09 bits per heavy atom. The van der Waals surface area contributed by atoms with Crippen LogP contribution in [0.5, 0.6) is 0 Å². The lowest BCUT2D eigenvalue weighted by atomic mass is 10.00. The molecule has 0 radical (unpaired) electrons. The average molecular weight is 440 g/mol. The number of hydrogen-bond acceptors (Lipinski definition) is 5. The van der Waals surface area contributed by atoms with Crippen molar-refractivity contribution in [2.75, 3.05) is 31.7 Å². The van der Waals surface area contributed by atoms with Gasteiger partial charge >= 0.3 is 0 Å². The molecule has 0 unspecified atom stereocenters. The van der Waals surface area contributed by atoms with Crippen molar-refractivity contribution in [2.45, 2.75) is 19.9 Å². The van der Waals surface area contributed by atoms with Gasteiger partial charge in [0.25, 0.3) is 0 Å². The Kier molecular flexibility index (Phi) is 5.30. The van der Waals surface area contributed by atoms with Gasteiger partial charge in [-0.05, 0) is 37.6 Å². The summed E-state index contributed by atoms with van der Waals surface area (Å²) >= 11 is 0. The van der Waals surface area contributed by atoms with E-state index >= 15 is 0 Å². The molecule has 168 valence electrons. The number of imidazole rings is 1. The van der Waals surface area contributed by atoms with Crippen LogP contribution in [0.25, 0.3) is 27.7 Å². The third-order valence-electron chi connectivity index (χ3n) is 5.94. The molecular weight excluding hydrogens is 414 g/mol. The van der Waals surface area contributed by atoms with Crippen LogP contribution in [0.4, 0.5) is 14.6 Å². The van der Waals surface area contributed by atoms with Gasteiger partial charge in [-0.15, -0.1) is 0 Å². The summed E-state index contributed by atoms with van der Waals surface area (Å²) in [6, 6.07) is 5.12. The standard InChI is InChI=1S/C23H26F2N6O/c1-14(2)30-7-15(8-30)12-32-13-26-21-11-31-10-17(6-20(25)23(31)27-21)16-4-18-9-29(3)28-22(18)19(24)5-16/h4-6,9-11,14-15,26H,7-8,12-13H2,1-3H3. The van der Waals surface area contributed by atoms with Crippen molar-refractivity contribution in [2.24, 2.45) is 13.0 Å². The largest absolute Gasteiger partial charge is 0.361 e. The maximum atomic E-state index is 14.8. The van der Waals surface area contributed by atoms with Crippen LogP contribution in [0.3, 0.4) is 0 Å². The number of pyridine rings is 1. The minimum atomic E-state index is -0.480. The molecule has 4 aromatic rings. The van der Waals surface area contributed by atoms with E-state index in [1.54, 1.807) is 40.8 Å². The highest BCUT2D eigenvalue weighted by Gasteiger charge is 2.28. The molecule has 1 saturated heterocycles. The van der Waals surface area contributed by atoms with Crippen molar-refractivity contribution in [3.63, 3.8) is 0 Å². The number of rotatable bonds is 7. The summed E-state index contributed by atoms with van der Waals surface area (Å²) in [5, 5.41) is 7.87. The normalized spacial score (nSPS) is 15.2. The van der Waals surface area contributed by atoms with E-state index in [-0.39, 0.29) is 5.65 Å². The molecule has 0 amide bonds. The highest BCUT2D eigenvalue weighted by Crippen LogP contribution is 2.28. The van der Waals surface area contributed by atoms with Gasteiger partial charge in [-0.3, -0.25) is 4.68 Å². The number of ether oxygens (including phenoxy) is 1. The van der Waals surface area contributed by atoms with Crippen LogP contribution in [0, 0.1) is 17.6 Å². The fourth-order valence-corrected chi connectivity index (χ4v) is 4.17. The molecule has 1 aromatic carbocycles. The molecule has 0 spiro atoms. The Balaban J connectivity index is 1.28. The minimum absolute atomic E-state index is 0.200. The summed E-state index contributed by atoms with van der Waals surface area (Å²) in [7, 11) is 1.74. The molecule has 32 heavy (non-hydrogen) atoms. The second-order valence-electron chi connectivity index (χ2n) is 8.74. The van der Waals surface area contributed by atoms with Crippen LogP contribution in [-0.4, -0.2) is 56.5 Å². The predicted octanol–water partition coefficient (Wildman–Crippen LogP) is 3.89. The Hall–Kier alpha value is -3.04. The molecule has 0 saturated carbocycles. The van der Waals surface area contributed by atoms with E-state index in [0.29, 0.717) is 53.1 Å². The number of likely N-dealkylation sites (tertiary alicyclic amines) is 1. The molecule has 1 N–H and O–H groups in total. The number of fused-ring (bicyclic) bond motifs is 2. The topological polar surface area (TPSA) is 59.6 Å². The minimum Gasteiger partial charge on any atom is -0.361 e. The van der Waals surface area contributed by atoms with E-state index < -0.39 is 11.6 Å². The van der Waals surface area contributed by atoms with E-state index in [0.717, 1.165) is 13.1 Å². The quantitative estimate of drug-likeness (QED) is 0.349. The van der Waals surface area contributed by atoms with Crippen LogP contribution in [0.15, 0.2) is 36.8 Å². The van der Waals surface area contributed by atoms with Crippen LogP contribution in [-0.2, 0) is 11.8 Å². The summed E-state index contributed by atoms with van der Waals surface area (Å²) in [5.41, 5.74) is 1.63. The number of benzene rings is 1. The van der Waals surface area contributed by atoms with E-state index in [1.807, 2.05) is 0 Å². The summed E-state index contributed by atoms with van der Waals surface area (Å²) in [4.78, 5) is 6.71. The van der Waals surface area contributed by atoms with Gasteiger partial charge in [0.1, 0.15) is 18.1 Å². The molecule has 0 atom stereocenters. The van der Waals surface area contributed by atoms with E-state index in [4.69, 9.17) is 4.74 Å². The Bertz CT molecular complexity index is 1270. The molecule has 3 aromatic heterocycles. The van der Waals surface area contributed by atoms with Crippen molar-refractivity contribution >= 4 is 22.4 Å². The molecule has 1 aliphatic rings. The highest BCUT2D eigenvalue weighted by molar-refractivity contribution is 5.85. The van der Waals surface area contributed by atoms with Gasteiger partial charge in [-0.25, -0.2) is 13.8 Å². The number of nitrogens with one attached hydrogen (secondary N) is 1. The van der Waals surface area contributed by atoms with E-state index in [1.165, 1.54) is 12.1 Å².